The monoisotopic (exact) mass is 281 g/mol. The number of ether oxygens (including phenoxy) is 1. The van der Waals surface area contributed by atoms with Gasteiger partial charge in [-0.3, -0.25) is 0 Å². The van der Waals surface area contributed by atoms with Crippen molar-refractivity contribution < 1.29 is 19.7 Å². The van der Waals surface area contributed by atoms with Gasteiger partial charge in [-0.15, -0.1) is 0 Å². The van der Waals surface area contributed by atoms with Crippen LogP contribution in [0.4, 0.5) is 5.82 Å². The summed E-state index contributed by atoms with van der Waals surface area (Å²) in [7, 11) is 0. The zero-order chi connectivity index (χ0) is 14.7. The number of rotatable bonds is 5. The Kier molecular flexibility index (Phi) is 4.11. The van der Waals surface area contributed by atoms with Crippen molar-refractivity contribution in [3.05, 3.63) is 12.7 Å². The molecule has 20 heavy (non-hydrogen) atoms. The number of aliphatic hydroxyl groups excluding tert-OH is 2. The lowest BCUT2D eigenvalue weighted by Gasteiger charge is -2.17. The minimum absolute atomic E-state index is 0.0892. The predicted molar refractivity (Wildman–Crippen MR) is 68.4 cm³/mol. The molecule has 0 saturated heterocycles. The normalized spacial score (nSPS) is 14.2. The second kappa shape index (κ2) is 5.80. The smallest absolute Gasteiger partial charge is 0.337 e. The maximum atomic E-state index is 11.3. The number of nitrogens with two attached hydrogens (primary N) is 1. The molecule has 0 aliphatic carbocycles. The molecule has 0 amide bonds. The molecule has 0 radical (unpaired) electrons. The molecule has 108 valence electrons. The molecule has 2 aromatic rings. The van der Waals surface area contributed by atoms with Gasteiger partial charge in [0.05, 0.1) is 19.5 Å². The molecule has 9 nitrogen and oxygen atoms in total. The van der Waals surface area contributed by atoms with E-state index in [2.05, 4.69) is 19.7 Å². The van der Waals surface area contributed by atoms with Gasteiger partial charge in [0.15, 0.2) is 17.6 Å². The van der Waals surface area contributed by atoms with Crippen LogP contribution in [0.3, 0.4) is 0 Å². The second-order valence-corrected chi connectivity index (χ2v) is 4.09. The number of fused-ring (bicyclic) bond motifs is 1. The average Bonchev–Trinajstić information content (AvgIpc) is 2.82. The average molecular weight is 281 g/mol. The Morgan fingerprint density at radius 3 is 2.90 bits per heavy atom. The van der Waals surface area contributed by atoms with E-state index in [0.717, 1.165) is 0 Å². The highest BCUT2D eigenvalue weighted by Gasteiger charge is 2.26. The van der Waals surface area contributed by atoms with Crippen LogP contribution in [-0.2, 0) is 16.1 Å². The van der Waals surface area contributed by atoms with Crippen LogP contribution in [-0.4, -0.2) is 54.5 Å². The van der Waals surface area contributed by atoms with Crippen LogP contribution < -0.4 is 5.73 Å². The number of anilines is 1. The number of aromatic nitrogens is 4. The highest BCUT2D eigenvalue weighted by molar-refractivity contribution is 5.81. The van der Waals surface area contributed by atoms with Crippen molar-refractivity contribution in [3.63, 3.8) is 0 Å². The molecule has 0 fully saturated rings. The highest BCUT2D eigenvalue weighted by Crippen LogP contribution is 2.16. The van der Waals surface area contributed by atoms with E-state index in [1.54, 1.807) is 6.92 Å². The first kappa shape index (κ1) is 14.2. The zero-order valence-electron chi connectivity index (χ0n) is 10.8. The van der Waals surface area contributed by atoms with Gasteiger partial charge in [-0.1, -0.05) is 0 Å². The van der Waals surface area contributed by atoms with Crippen LogP contribution in [0.2, 0.25) is 0 Å². The molecule has 0 spiro atoms. The van der Waals surface area contributed by atoms with Crippen LogP contribution in [0.5, 0.6) is 0 Å². The Bertz CT molecular complexity index is 614. The van der Waals surface area contributed by atoms with Gasteiger partial charge in [-0.2, -0.15) is 0 Å². The lowest BCUT2D eigenvalue weighted by Crippen LogP contribution is -2.38. The van der Waals surface area contributed by atoms with Gasteiger partial charge in [-0.25, -0.2) is 19.7 Å². The molecule has 2 heterocycles. The molecular weight excluding hydrogens is 266 g/mol. The maximum absolute atomic E-state index is 11.3. The molecule has 2 aromatic heterocycles. The Morgan fingerprint density at radius 1 is 1.45 bits per heavy atom. The van der Waals surface area contributed by atoms with Crippen LogP contribution in [0.25, 0.3) is 11.2 Å². The lowest BCUT2D eigenvalue weighted by atomic mass is 10.2. The Hall–Kier alpha value is -2.26. The SMILES string of the molecule is CCOC(=O)[C@H](O)[C@H](O)Cn1cnc2ncnc(N)c21. The fraction of sp³-hybridized carbons (Fsp3) is 0.455. The molecular formula is C11H15N5O4. The first-order valence-corrected chi connectivity index (χ1v) is 5.98. The lowest BCUT2D eigenvalue weighted by molar-refractivity contribution is -0.159. The van der Waals surface area contributed by atoms with Gasteiger partial charge in [0.25, 0.3) is 0 Å². The van der Waals surface area contributed by atoms with E-state index in [4.69, 9.17) is 5.73 Å². The van der Waals surface area contributed by atoms with E-state index in [-0.39, 0.29) is 19.0 Å². The van der Waals surface area contributed by atoms with Crippen LogP contribution >= 0.6 is 0 Å². The molecule has 0 unspecified atom stereocenters. The van der Waals surface area contributed by atoms with Crippen LogP contribution in [0.15, 0.2) is 12.7 Å². The third kappa shape index (κ3) is 2.68. The van der Waals surface area contributed by atoms with Gasteiger partial charge >= 0.3 is 5.97 Å². The molecule has 0 saturated carbocycles. The summed E-state index contributed by atoms with van der Waals surface area (Å²) in [4.78, 5) is 23.1. The van der Waals surface area contributed by atoms with Crippen LogP contribution in [0, 0.1) is 0 Å². The van der Waals surface area contributed by atoms with E-state index in [1.807, 2.05) is 0 Å². The summed E-state index contributed by atoms with van der Waals surface area (Å²) in [6.45, 7) is 1.64. The largest absolute Gasteiger partial charge is 0.464 e. The minimum atomic E-state index is -1.64. The molecule has 0 bridgehead atoms. The van der Waals surface area contributed by atoms with Crippen molar-refractivity contribution in [2.45, 2.75) is 25.7 Å². The van der Waals surface area contributed by atoms with Crippen LogP contribution in [0.1, 0.15) is 6.92 Å². The van der Waals surface area contributed by atoms with Gasteiger partial charge in [0.1, 0.15) is 17.9 Å². The molecule has 0 aliphatic rings. The predicted octanol–water partition coefficient (Wildman–Crippen LogP) is -1.31. The van der Waals surface area contributed by atoms with E-state index in [0.29, 0.717) is 11.2 Å². The molecule has 2 atom stereocenters. The van der Waals surface area contributed by atoms with E-state index >= 15 is 0 Å². The molecule has 4 N–H and O–H groups in total. The van der Waals surface area contributed by atoms with Crippen molar-refractivity contribution in [2.75, 3.05) is 12.3 Å². The number of hydrogen-bond donors (Lipinski definition) is 3. The standard InChI is InChI=1S/C11H15N5O4/c1-2-20-11(19)8(18)6(17)3-16-5-15-10-7(16)9(12)13-4-14-10/h4-6,8,17-18H,2-3H2,1H3,(H2,12,13,14)/t6-,8-/m1/s1. The van der Waals surface area contributed by atoms with Gasteiger partial charge in [-0.05, 0) is 6.92 Å². The molecule has 0 aromatic carbocycles. The number of nitrogen functional groups attached to an aromatic ring is 1. The molecule has 2 rings (SSSR count). The summed E-state index contributed by atoms with van der Waals surface area (Å²) in [5.41, 5.74) is 6.52. The Labute approximate surface area is 114 Å². The summed E-state index contributed by atoms with van der Waals surface area (Å²) >= 11 is 0. The fourth-order valence-electron chi connectivity index (χ4n) is 1.76. The third-order valence-electron chi connectivity index (χ3n) is 2.71. The van der Waals surface area contributed by atoms with Crippen molar-refractivity contribution in [1.29, 1.82) is 0 Å². The topological polar surface area (TPSA) is 136 Å². The number of carbonyl (C=O) groups is 1. The van der Waals surface area contributed by atoms with Gasteiger partial charge in [0.2, 0.25) is 0 Å². The quantitative estimate of drug-likeness (QED) is 0.575. The number of hydrogen-bond acceptors (Lipinski definition) is 8. The summed E-state index contributed by atoms with van der Waals surface area (Å²) < 4.78 is 6.10. The summed E-state index contributed by atoms with van der Waals surface area (Å²) in [6.07, 6.45) is -0.320. The van der Waals surface area contributed by atoms with Gasteiger partial charge in [0, 0.05) is 0 Å². The molecule has 0 aliphatic heterocycles. The Balaban J connectivity index is 2.18. The summed E-state index contributed by atoms with van der Waals surface area (Å²) in [5.74, 6) is -0.682. The first-order valence-electron chi connectivity index (χ1n) is 5.98. The van der Waals surface area contributed by atoms with E-state index < -0.39 is 18.2 Å². The van der Waals surface area contributed by atoms with Crippen molar-refractivity contribution in [3.8, 4) is 0 Å². The number of nitrogens with zero attached hydrogens (tertiary/aromatic N) is 4. The van der Waals surface area contributed by atoms with Gasteiger partial charge < -0.3 is 25.3 Å². The fourth-order valence-corrected chi connectivity index (χ4v) is 1.76. The molecule has 9 heteroatoms. The summed E-state index contributed by atoms with van der Waals surface area (Å²) in [5, 5.41) is 19.5. The minimum Gasteiger partial charge on any atom is -0.464 e. The number of esters is 1. The number of aliphatic hydroxyl groups is 2. The first-order chi connectivity index (χ1) is 9.54. The van der Waals surface area contributed by atoms with Crippen molar-refractivity contribution >= 4 is 23.0 Å². The number of imidazole rings is 1. The van der Waals surface area contributed by atoms with E-state index in [1.165, 1.54) is 17.2 Å². The third-order valence-corrected chi connectivity index (χ3v) is 2.71. The van der Waals surface area contributed by atoms with Crippen molar-refractivity contribution in [2.24, 2.45) is 0 Å². The highest BCUT2D eigenvalue weighted by atomic mass is 16.5. The number of carbonyl (C=O) groups excluding carboxylic acids is 1. The zero-order valence-corrected chi connectivity index (χ0v) is 10.8. The summed E-state index contributed by atoms with van der Waals surface area (Å²) in [6, 6.07) is 0. The Morgan fingerprint density at radius 2 is 2.20 bits per heavy atom. The van der Waals surface area contributed by atoms with Crippen molar-refractivity contribution in [1.82, 2.24) is 19.5 Å². The second-order valence-electron chi connectivity index (χ2n) is 4.09. The van der Waals surface area contributed by atoms with E-state index in [9.17, 15) is 15.0 Å². The maximum Gasteiger partial charge on any atom is 0.337 e.